The van der Waals surface area contributed by atoms with E-state index in [0.717, 1.165) is 27.5 Å². The average Bonchev–Trinajstić information content (AvgIpc) is 3.10. The zero-order valence-corrected chi connectivity index (χ0v) is 12.9. The lowest BCUT2D eigenvalue weighted by atomic mass is 10.0. The van der Waals surface area contributed by atoms with Crippen LogP contribution in [0.15, 0.2) is 66.9 Å². The number of nitrogens with one attached hydrogen (secondary N) is 3. The molecule has 0 saturated heterocycles. The van der Waals surface area contributed by atoms with Crippen molar-refractivity contribution in [2.75, 3.05) is 5.32 Å². The van der Waals surface area contributed by atoms with Crippen LogP contribution in [0.4, 0.5) is 10.5 Å². The van der Waals surface area contributed by atoms with E-state index in [4.69, 9.17) is 0 Å². The first-order valence-corrected chi connectivity index (χ1v) is 7.75. The van der Waals surface area contributed by atoms with Crippen molar-refractivity contribution in [3.8, 4) is 0 Å². The van der Waals surface area contributed by atoms with Gasteiger partial charge in [0.15, 0.2) is 0 Å². The van der Waals surface area contributed by atoms with Crippen molar-refractivity contribution in [3.05, 3.63) is 72.4 Å². The maximum atomic E-state index is 12.2. The zero-order chi connectivity index (χ0) is 16.4. The minimum atomic E-state index is -0.239. The summed E-state index contributed by atoms with van der Waals surface area (Å²) < 4.78 is 0. The number of rotatable bonds is 3. The van der Waals surface area contributed by atoms with Gasteiger partial charge in [0.1, 0.15) is 0 Å². The number of nitrogens with zero attached hydrogens (tertiary/aromatic N) is 1. The Morgan fingerprint density at radius 3 is 2.75 bits per heavy atom. The maximum absolute atomic E-state index is 12.2. The summed E-state index contributed by atoms with van der Waals surface area (Å²) in [5.74, 6) is 0. The SMILES string of the molecule is O=C(NCc1cccc2ccccc12)Nc1cccc2[nH]ncc12. The first kappa shape index (κ1) is 14.3. The number of fused-ring (bicyclic) bond motifs is 2. The molecule has 0 spiro atoms. The minimum Gasteiger partial charge on any atom is -0.334 e. The fourth-order valence-electron chi connectivity index (χ4n) is 2.87. The molecule has 0 saturated carbocycles. The topological polar surface area (TPSA) is 69.8 Å². The van der Waals surface area contributed by atoms with Gasteiger partial charge < -0.3 is 10.6 Å². The van der Waals surface area contributed by atoms with Gasteiger partial charge in [-0.25, -0.2) is 4.79 Å². The second-order valence-corrected chi connectivity index (χ2v) is 5.58. The van der Waals surface area contributed by atoms with Gasteiger partial charge in [0, 0.05) is 11.9 Å². The summed E-state index contributed by atoms with van der Waals surface area (Å²) in [7, 11) is 0. The van der Waals surface area contributed by atoms with E-state index in [1.54, 1.807) is 6.20 Å². The average molecular weight is 316 g/mol. The Bertz CT molecular complexity index is 1020. The zero-order valence-electron chi connectivity index (χ0n) is 12.9. The van der Waals surface area contributed by atoms with Gasteiger partial charge in [-0.3, -0.25) is 5.10 Å². The lowest BCUT2D eigenvalue weighted by Crippen LogP contribution is -2.28. The molecule has 5 nitrogen and oxygen atoms in total. The van der Waals surface area contributed by atoms with Gasteiger partial charge in [-0.1, -0.05) is 48.5 Å². The van der Waals surface area contributed by atoms with Crippen molar-refractivity contribution in [3.63, 3.8) is 0 Å². The molecule has 5 heteroatoms. The molecule has 0 aliphatic heterocycles. The molecule has 3 N–H and O–H groups in total. The van der Waals surface area contributed by atoms with Crippen LogP contribution in [0.3, 0.4) is 0 Å². The first-order chi connectivity index (χ1) is 11.8. The third-order valence-corrected chi connectivity index (χ3v) is 4.05. The van der Waals surface area contributed by atoms with Crippen molar-refractivity contribution in [2.45, 2.75) is 6.54 Å². The highest BCUT2D eigenvalue weighted by molar-refractivity contribution is 6.00. The molecule has 0 bridgehead atoms. The second-order valence-electron chi connectivity index (χ2n) is 5.58. The number of urea groups is 1. The molecule has 2 amide bonds. The standard InChI is InChI=1S/C19H16N4O/c24-19(22-17-9-4-10-18-16(17)12-21-23-18)20-11-14-7-3-6-13-5-1-2-8-15(13)14/h1-10,12H,11H2,(H,21,23)(H2,20,22,24). The van der Waals surface area contributed by atoms with Crippen molar-refractivity contribution in [1.82, 2.24) is 15.5 Å². The van der Waals surface area contributed by atoms with Crippen LogP contribution in [0.5, 0.6) is 0 Å². The highest BCUT2D eigenvalue weighted by atomic mass is 16.2. The van der Waals surface area contributed by atoms with Gasteiger partial charge in [-0.2, -0.15) is 5.10 Å². The first-order valence-electron chi connectivity index (χ1n) is 7.75. The number of anilines is 1. The molecule has 0 fully saturated rings. The van der Waals surface area contributed by atoms with E-state index in [0.29, 0.717) is 6.54 Å². The molecule has 0 aliphatic rings. The molecule has 1 aromatic heterocycles. The number of aromatic amines is 1. The number of hydrogen-bond donors (Lipinski definition) is 3. The summed E-state index contributed by atoms with van der Waals surface area (Å²) in [4.78, 5) is 12.2. The fourth-order valence-corrected chi connectivity index (χ4v) is 2.87. The van der Waals surface area contributed by atoms with E-state index >= 15 is 0 Å². The van der Waals surface area contributed by atoms with Crippen molar-refractivity contribution in [2.24, 2.45) is 0 Å². The predicted molar refractivity (Wildman–Crippen MR) is 95.9 cm³/mol. The van der Waals surface area contributed by atoms with Crippen LogP contribution in [-0.2, 0) is 6.54 Å². The highest BCUT2D eigenvalue weighted by Gasteiger charge is 2.07. The smallest absolute Gasteiger partial charge is 0.319 e. The molecule has 4 rings (SSSR count). The summed E-state index contributed by atoms with van der Waals surface area (Å²) >= 11 is 0. The Hall–Kier alpha value is -3.34. The van der Waals surface area contributed by atoms with E-state index in [9.17, 15) is 4.79 Å². The number of hydrogen-bond acceptors (Lipinski definition) is 2. The van der Waals surface area contributed by atoms with Gasteiger partial charge in [0.25, 0.3) is 0 Å². The molecule has 24 heavy (non-hydrogen) atoms. The van der Waals surface area contributed by atoms with Crippen molar-refractivity contribution < 1.29 is 4.79 Å². The van der Waals surface area contributed by atoms with E-state index in [2.05, 4.69) is 39.0 Å². The molecule has 0 aliphatic carbocycles. The summed E-state index contributed by atoms with van der Waals surface area (Å²) in [5.41, 5.74) is 2.71. The third-order valence-electron chi connectivity index (χ3n) is 4.05. The summed E-state index contributed by atoms with van der Waals surface area (Å²) in [6.45, 7) is 0.467. The number of carbonyl (C=O) groups excluding carboxylic acids is 1. The largest absolute Gasteiger partial charge is 0.334 e. The highest BCUT2D eigenvalue weighted by Crippen LogP contribution is 2.21. The van der Waals surface area contributed by atoms with E-state index in [-0.39, 0.29) is 6.03 Å². The van der Waals surface area contributed by atoms with E-state index in [1.807, 2.05) is 42.5 Å². The summed E-state index contributed by atoms with van der Waals surface area (Å²) in [6.07, 6.45) is 1.70. The van der Waals surface area contributed by atoms with E-state index in [1.165, 1.54) is 5.39 Å². The van der Waals surface area contributed by atoms with Crippen LogP contribution in [0, 0.1) is 0 Å². The Morgan fingerprint density at radius 1 is 0.958 bits per heavy atom. The third kappa shape index (κ3) is 2.67. The van der Waals surface area contributed by atoms with Gasteiger partial charge >= 0.3 is 6.03 Å². The molecular formula is C19H16N4O. The Balaban J connectivity index is 1.49. The normalized spacial score (nSPS) is 10.8. The van der Waals surface area contributed by atoms with Crippen LogP contribution in [-0.4, -0.2) is 16.2 Å². The monoisotopic (exact) mass is 316 g/mol. The van der Waals surface area contributed by atoms with Gasteiger partial charge in [0.05, 0.1) is 17.4 Å². The Labute approximate surface area is 138 Å². The van der Waals surface area contributed by atoms with Crippen LogP contribution in [0.1, 0.15) is 5.56 Å². The predicted octanol–water partition coefficient (Wildman–Crippen LogP) is 4.04. The lowest BCUT2D eigenvalue weighted by Gasteiger charge is -2.10. The van der Waals surface area contributed by atoms with Crippen LogP contribution >= 0.6 is 0 Å². The molecule has 118 valence electrons. The van der Waals surface area contributed by atoms with Crippen molar-refractivity contribution >= 4 is 33.4 Å². The molecule has 0 atom stereocenters. The minimum absolute atomic E-state index is 0.239. The number of aromatic nitrogens is 2. The molecular weight excluding hydrogens is 300 g/mol. The number of amides is 2. The maximum Gasteiger partial charge on any atom is 0.319 e. The number of benzene rings is 3. The van der Waals surface area contributed by atoms with Gasteiger partial charge in [0.2, 0.25) is 0 Å². The van der Waals surface area contributed by atoms with Crippen LogP contribution in [0.2, 0.25) is 0 Å². The van der Waals surface area contributed by atoms with Crippen LogP contribution in [0.25, 0.3) is 21.7 Å². The summed E-state index contributed by atoms with van der Waals surface area (Å²) in [5, 5.41) is 15.9. The van der Waals surface area contributed by atoms with Gasteiger partial charge in [-0.05, 0) is 28.5 Å². The molecule has 0 radical (unpaired) electrons. The van der Waals surface area contributed by atoms with Crippen LogP contribution < -0.4 is 10.6 Å². The second kappa shape index (κ2) is 6.04. The molecule has 3 aromatic carbocycles. The van der Waals surface area contributed by atoms with Crippen molar-refractivity contribution in [1.29, 1.82) is 0 Å². The molecule has 4 aromatic rings. The number of carbonyl (C=O) groups is 1. The fraction of sp³-hybridized carbons (Fsp3) is 0.0526. The lowest BCUT2D eigenvalue weighted by molar-refractivity contribution is 0.252. The Kier molecular flexibility index (Phi) is 3.59. The quantitative estimate of drug-likeness (QED) is 0.534. The molecule has 1 heterocycles. The molecule has 0 unspecified atom stereocenters. The Morgan fingerprint density at radius 2 is 1.79 bits per heavy atom. The number of H-pyrrole nitrogens is 1. The summed E-state index contributed by atoms with van der Waals surface area (Å²) in [6, 6.07) is 19.7. The van der Waals surface area contributed by atoms with Gasteiger partial charge in [-0.15, -0.1) is 0 Å². The van der Waals surface area contributed by atoms with E-state index < -0.39 is 0 Å².